The average Bonchev–Trinajstić information content (AvgIpc) is 4.02. The molecule has 10 unspecified atom stereocenters. The number of nitrogens with one attached hydrogen (secondary N) is 2. The van der Waals surface area contributed by atoms with Gasteiger partial charge in [0.05, 0.1) is 25.9 Å². The Labute approximate surface area is 400 Å². The third-order valence-electron chi connectivity index (χ3n) is 10.0. The second kappa shape index (κ2) is 22.0. The van der Waals surface area contributed by atoms with Crippen LogP contribution < -0.4 is 20.4 Å². The summed E-state index contributed by atoms with van der Waals surface area (Å²) < 4.78 is 69.4. The molecule has 4 fully saturated rings. The molecule has 0 bridgehead atoms. The molecular weight excluding hydrogens is 930 g/mol. The van der Waals surface area contributed by atoms with Gasteiger partial charge in [-0.15, -0.1) is 0 Å². The molecule has 0 radical (unpaired) electrons. The molecule has 8 heterocycles. The Morgan fingerprint density at radius 1 is 0.646 bits per heavy atom. The first-order chi connectivity index (χ1) is 30.6. The summed E-state index contributed by atoms with van der Waals surface area (Å²) in [4.78, 5) is 97.4. The molecule has 4 aromatic rings. The summed E-state index contributed by atoms with van der Waals surface area (Å²) in [6.45, 7) is 6.85. The molecule has 29 heteroatoms. The minimum Gasteiger partial charge on any atom is -0.756 e. The summed E-state index contributed by atoms with van der Waals surface area (Å²) in [5, 5.41) is 5.39. The number of nitrogens with zero attached hydrogens (tertiary/aromatic N) is 8. The van der Waals surface area contributed by atoms with Crippen molar-refractivity contribution < 1.29 is 75.1 Å². The summed E-state index contributed by atoms with van der Waals surface area (Å²) in [6.07, 6.45) is 0.808. The van der Waals surface area contributed by atoms with Crippen LogP contribution >= 0.6 is 15.6 Å². The molecule has 348 valence electrons. The molecule has 10 atom stereocenters. The largest absolute Gasteiger partial charge is 2.00 e. The fourth-order valence-corrected chi connectivity index (χ4v) is 9.15. The molecule has 4 aromatic heterocycles. The number of anilines is 2. The molecule has 0 aliphatic carbocycles. The molecule has 4 aliphatic rings. The van der Waals surface area contributed by atoms with Crippen LogP contribution in [0, 0.1) is 0 Å². The monoisotopic (exact) mass is 976 g/mol. The third kappa shape index (κ3) is 11.7. The van der Waals surface area contributed by atoms with E-state index in [-0.39, 0.29) is 87.2 Å². The summed E-state index contributed by atoms with van der Waals surface area (Å²) in [6, 6.07) is 0. The fourth-order valence-electron chi connectivity index (χ4n) is 7.26. The number of fused-ring (bicyclic) bond motifs is 4. The van der Waals surface area contributed by atoms with E-state index >= 15 is 0 Å². The Kier molecular flexibility index (Phi) is 17.2. The van der Waals surface area contributed by atoms with Crippen molar-refractivity contribution in [3.8, 4) is 0 Å². The number of esters is 2. The first-order valence-electron chi connectivity index (χ1n) is 20.6. The third-order valence-corrected chi connectivity index (χ3v) is 12.0. The van der Waals surface area contributed by atoms with E-state index in [1.54, 1.807) is 0 Å². The molecule has 65 heavy (non-hydrogen) atoms. The zero-order chi connectivity index (χ0) is 45.8. The number of ether oxygens (including phenoxy) is 4. The zero-order valence-electron chi connectivity index (χ0n) is 35.7. The Morgan fingerprint density at radius 2 is 1.03 bits per heavy atom. The van der Waals surface area contributed by atoms with Crippen molar-refractivity contribution in [2.24, 2.45) is 0 Å². The fraction of sp³-hybridized carbons (Fsp3) is 0.611. The predicted octanol–water partition coefficient (Wildman–Crippen LogP) is 1.74. The van der Waals surface area contributed by atoms with Crippen LogP contribution in [0.4, 0.5) is 11.6 Å². The molecule has 0 spiro atoms. The Hall–Kier alpha value is -3.62. The Bertz CT molecular complexity index is 2300. The van der Waals surface area contributed by atoms with Crippen molar-refractivity contribution in [1.82, 2.24) is 39.0 Å². The number of aromatic nitrogens is 8. The van der Waals surface area contributed by atoms with Crippen LogP contribution in [0.3, 0.4) is 0 Å². The topological polar surface area (TPSA) is 334 Å². The molecular formula is C36H46CaN10O16P2. The number of rotatable bonds is 14. The van der Waals surface area contributed by atoms with Crippen molar-refractivity contribution in [3.63, 3.8) is 0 Å². The van der Waals surface area contributed by atoms with Gasteiger partial charge in [0.1, 0.15) is 37.1 Å². The van der Waals surface area contributed by atoms with E-state index in [9.17, 15) is 38.1 Å². The van der Waals surface area contributed by atoms with Gasteiger partial charge in [0.25, 0.3) is 15.6 Å². The van der Waals surface area contributed by atoms with Gasteiger partial charge in [0.15, 0.2) is 58.6 Å². The van der Waals surface area contributed by atoms with Gasteiger partial charge in [-0.25, -0.2) is 29.9 Å². The molecule has 0 saturated carbocycles. The minimum atomic E-state index is -4.55. The smallest absolute Gasteiger partial charge is 0.756 e. The van der Waals surface area contributed by atoms with Crippen molar-refractivity contribution in [2.45, 2.75) is 128 Å². The maximum absolute atomic E-state index is 12.2. The van der Waals surface area contributed by atoms with Crippen molar-refractivity contribution in [3.05, 3.63) is 25.3 Å². The van der Waals surface area contributed by atoms with Gasteiger partial charge in [-0.2, -0.15) is 0 Å². The van der Waals surface area contributed by atoms with E-state index in [1.807, 2.05) is 27.7 Å². The van der Waals surface area contributed by atoms with E-state index in [4.69, 9.17) is 37.0 Å². The van der Waals surface area contributed by atoms with Gasteiger partial charge >= 0.3 is 49.7 Å². The number of phosphoric acid groups is 2. The average molecular weight is 977 g/mol. The first kappa shape index (κ1) is 50.8. The number of carbonyl (C=O) groups is 4. The van der Waals surface area contributed by atoms with Crippen LogP contribution in [-0.4, -0.2) is 150 Å². The molecule has 26 nitrogen and oxygen atoms in total. The zero-order valence-corrected chi connectivity index (χ0v) is 39.7. The number of phosphoric ester groups is 2. The maximum atomic E-state index is 12.2. The number of amides is 2. The molecule has 2 amide bonds. The van der Waals surface area contributed by atoms with Gasteiger partial charge in [-0.3, -0.25) is 37.4 Å². The summed E-state index contributed by atoms with van der Waals surface area (Å²) in [5.41, 5.74) is 1.22. The summed E-state index contributed by atoms with van der Waals surface area (Å²) >= 11 is 0. The normalized spacial score (nSPS) is 29.1. The van der Waals surface area contributed by atoms with Gasteiger partial charge in [0.2, 0.25) is 11.8 Å². The Balaban J connectivity index is 0.000000212. The molecule has 4 saturated heterocycles. The van der Waals surface area contributed by atoms with Crippen molar-refractivity contribution >= 4 is 111 Å². The summed E-state index contributed by atoms with van der Waals surface area (Å²) in [5.74, 6) is -1.01. The maximum Gasteiger partial charge on any atom is 2.00 e. The van der Waals surface area contributed by atoms with E-state index in [0.29, 0.717) is 60.9 Å². The van der Waals surface area contributed by atoms with Crippen LogP contribution in [0.15, 0.2) is 25.3 Å². The molecule has 4 aliphatic heterocycles. The van der Waals surface area contributed by atoms with Gasteiger partial charge < -0.3 is 57.5 Å². The number of imidazole rings is 2. The quantitative estimate of drug-likeness (QED) is 0.103. The Morgan fingerprint density at radius 3 is 1.40 bits per heavy atom. The van der Waals surface area contributed by atoms with Crippen LogP contribution in [0.25, 0.3) is 22.3 Å². The first-order valence-corrected chi connectivity index (χ1v) is 23.5. The van der Waals surface area contributed by atoms with Crippen LogP contribution in [0.1, 0.15) is 91.5 Å². The SMILES string of the molecule is CCCC(=O)Nc1ncnc2c1ncn2C1OC2COP(=O)([O-])OC2C1OC(=O)CCC.CCCC(=O)Nc1ncnc2c1ncn2C1OC2COP(=O)([O-])OC2C1OC(=O)CCC.[Ca+2]. The molecule has 2 N–H and O–H groups in total. The van der Waals surface area contributed by atoms with E-state index in [2.05, 4.69) is 40.5 Å². The van der Waals surface area contributed by atoms with Crippen LogP contribution in [0.2, 0.25) is 0 Å². The van der Waals surface area contributed by atoms with Crippen LogP contribution in [0.5, 0.6) is 0 Å². The van der Waals surface area contributed by atoms with Gasteiger partial charge in [-0.05, 0) is 25.7 Å². The van der Waals surface area contributed by atoms with Gasteiger partial charge in [0, 0.05) is 25.7 Å². The standard InChI is InChI=1S/2C18H24N5O8P.Ca/c2*1-3-5-11(24)22-16-13-17(20-8-19-16)23(9-21-13)18-15(30-12(25)6-4-2)14-10(29-18)7-28-32(26,27)31-14;/h2*8-10,14-15,18H,3-7H2,1-2H3,(H,26,27)(H,19,20,22,24);/q;;+2/p-2. The number of hydrogen-bond donors (Lipinski definition) is 2. The van der Waals surface area contributed by atoms with Crippen molar-refractivity contribution in [1.29, 1.82) is 0 Å². The summed E-state index contributed by atoms with van der Waals surface area (Å²) in [7, 11) is -9.11. The van der Waals surface area contributed by atoms with Gasteiger partial charge in [-0.1, -0.05) is 27.7 Å². The second-order valence-corrected chi connectivity index (χ2v) is 17.6. The van der Waals surface area contributed by atoms with E-state index in [1.165, 1.54) is 34.4 Å². The van der Waals surface area contributed by atoms with Crippen molar-refractivity contribution in [2.75, 3.05) is 23.8 Å². The molecule has 0 aromatic carbocycles. The number of hydrogen-bond acceptors (Lipinski definition) is 22. The van der Waals surface area contributed by atoms with Crippen LogP contribution in [-0.2, 0) is 65.4 Å². The molecule has 8 rings (SSSR count). The van der Waals surface area contributed by atoms with E-state index < -0.39 is 76.7 Å². The number of carbonyl (C=O) groups excluding carboxylic acids is 4. The van der Waals surface area contributed by atoms with E-state index in [0.717, 1.165) is 0 Å². The second-order valence-electron chi connectivity index (χ2n) is 14.9. The predicted molar refractivity (Wildman–Crippen MR) is 218 cm³/mol. The minimum absolute atomic E-state index is 0.